The number of thiazole rings is 4. The van der Waals surface area contributed by atoms with Crippen LogP contribution in [0.2, 0.25) is 0 Å². The first kappa shape index (κ1) is 39.2. The van der Waals surface area contributed by atoms with E-state index >= 15 is 0 Å². The van der Waals surface area contributed by atoms with Gasteiger partial charge in [0.15, 0.2) is 22.2 Å². The van der Waals surface area contributed by atoms with E-state index in [1.165, 1.54) is 50.7 Å². The highest BCUT2D eigenvalue weighted by Crippen LogP contribution is 2.12. The van der Waals surface area contributed by atoms with Crippen LogP contribution in [0.15, 0.2) is 26.6 Å². The van der Waals surface area contributed by atoms with Crippen molar-refractivity contribution in [2.24, 2.45) is 5.11 Å². The summed E-state index contributed by atoms with van der Waals surface area (Å²) in [5.74, 6) is -2.34. The molecule has 0 aliphatic rings. The summed E-state index contributed by atoms with van der Waals surface area (Å²) in [4.78, 5) is 60.5. The molecule has 43 heavy (non-hydrogen) atoms. The van der Waals surface area contributed by atoms with Gasteiger partial charge in [0.1, 0.15) is 5.69 Å². The van der Waals surface area contributed by atoms with Gasteiger partial charge in [0.25, 0.3) is 5.91 Å². The summed E-state index contributed by atoms with van der Waals surface area (Å²) in [5.41, 5.74) is 14.3. The highest BCUT2D eigenvalue weighted by molar-refractivity contribution is 8.93. The van der Waals surface area contributed by atoms with Gasteiger partial charge in [-0.15, -0.1) is 62.3 Å². The number of amides is 1. The third-order valence-electron chi connectivity index (χ3n) is 3.92. The van der Waals surface area contributed by atoms with Crippen LogP contribution in [-0.4, -0.2) is 62.1 Å². The van der Waals surface area contributed by atoms with Gasteiger partial charge in [0.05, 0.1) is 28.2 Å². The lowest BCUT2D eigenvalue weighted by Crippen LogP contribution is -2.04. The number of anilines is 1. The van der Waals surface area contributed by atoms with Gasteiger partial charge in [0, 0.05) is 26.4 Å². The number of carboxylic acids is 1. The zero-order valence-electron chi connectivity index (χ0n) is 23.4. The number of ether oxygens (including phenoxy) is 2. The Labute approximate surface area is 272 Å². The van der Waals surface area contributed by atoms with Crippen LogP contribution in [0, 0.1) is 20.8 Å². The average molecular weight is 736 g/mol. The molecule has 4 aromatic heterocycles. The molecule has 232 valence electrons. The number of esters is 2. The van der Waals surface area contributed by atoms with Crippen molar-refractivity contribution in [3.05, 3.63) is 69.8 Å². The Bertz CT molecular complexity index is 1470. The number of carboxylic acid groups (broad SMARTS) is 1. The molecule has 0 bridgehead atoms. The van der Waals surface area contributed by atoms with Crippen LogP contribution < -0.4 is 5.73 Å². The molecule has 0 aliphatic carbocycles. The highest BCUT2D eigenvalue weighted by Gasteiger charge is 2.10. The van der Waals surface area contributed by atoms with Crippen LogP contribution in [-0.2, 0) is 9.47 Å². The Hall–Kier alpha value is -3.81. The molecule has 4 heterocycles. The monoisotopic (exact) mass is 734 g/mol. The first-order valence-electron chi connectivity index (χ1n) is 11.6. The van der Waals surface area contributed by atoms with Crippen molar-refractivity contribution in [2.75, 3.05) is 18.9 Å². The molecule has 1 amide bonds. The number of azide groups is 1. The predicted molar refractivity (Wildman–Crippen MR) is 170 cm³/mol. The second kappa shape index (κ2) is 21.0. The minimum Gasteiger partial charge on any atom is -0.476 e. The molecule has 0 atom stereocenters. The zero-order valence-corrected chi connectivity index (χ0v) is 28.3. The highest BCUT2D eigenvalue weighted by atomic mass is 79.9. The molecular formula is C23H27BrN8O7S4. The molecule has 0 saturated heterocycles. The predicted octanol–water partition coefficient (Wildman–Crippen LogP) is 6.16. The number of aromatic nitrogens is 4. The molecule has 0 spiro atoms. The lowest BCUT2D eigenvalue weighted by atomic mass is 10.5. The van der Waals surface area contributed by atoms with E-state index in [1.54, 1.807) is 43.8 Å². The fourth-order valence-electron chi connectivity index (χ4n) is 2.26. The number of rotatable bonds is 6. The number of nitrogen functional groups attached to an aromatic ring is 1. The van der Waals surface area contributed by atoms with E-state index in [9.17, 15) is 19.2 Å². The summed E-state index contributed by atoms with van der Waals surface area (Å²) in [6.07, 6.45) is 0. The van der Waals surface area contributed by atoms with Crippen LogP contribution in [0.1, 0.15) is 70.8 Å². The summed E-state index contributed by atoms with van der Waals surface area (Å²) >= 11 is 5.36. The molecule has 0 radical (unpaired) electrons. The zero-order chi connectivity index (χ0) is 31.7. The molecule has 0 unspecified atom stereocenters. The van der Waals surface area contributed by atoms with Crippen LogP contribution >= 0.6 is 62.3 Å². The molecular weight excluding hydrogens is 708 g/mol. The molecule has 0 saturated carbocycles. The van der Waals surface area contributed by atoms with Crippen molar-refractivity contribution >= 4 is 91.3 Å². The smallest absolute Gasteiger partial charge is 0.357 e. The topological polar surface area (TPSA) is 233 Å². The van der Waals surface area contributed by atoms with Gasteiger partial charge in [0.2, 0.25) is 0 Å². The minimum absolute atomic E-state index is 0. The SMILES string of the molecule is Br.CCOC(=O)c1csc(C)n1.CCOC(=O)c1csc(N)n1.Cc1nc(C(=O)N=[N+]=[N-])cs1.Cc1nc(C(=O)O)cs1. The van der Waals surface area contributed by atoms with Gasteiger partial charge in [-0.2, -0.15) is 0 Å². The second-order valence-corrected chi connectivity index (χ2v) is 11.1. The van der Waals surface area contributed by atoms with E-state index in [2.05, 4.69) is 30.0 Å². The maximum absolute atomic E-state index is 11.0. The van der Waals surface area contributed by atoms with Gasteiger partial charge in [-0.25, -0.2) is 34.3 Å². The number of nitrogens with zero attached hydrogens (tertiary/aromatic N) is 7. The Morgan fingerprint density at radius 3 is 1.49 bits per heavy atom. The third-order valence-corrected chi connectivity index (χ3v) is 6.92. The fraction of sp³-hybridized carbons (Fsp3) is 0.304. The number of aryl methyl sites for hydroxylation is 3. The Kier molecular flexibility index (Phi) is 19.1. The number of hydrogen-bond acceptors (Lipinski definition) is 15. The maximum atomic E-state index is 11.0. The minimum atomic E-state index is -0.959. The quantitative estimate of drug-likeness (QED) is 0.0981. The van der Waals surface area contributed by atoms with Gasteiger partial charge in [-0.3, -0.25) is 4.79 Å². The molecule has 20 heteroatoms. The van der Waals surface area contributed by atoms with Gasteiger partial charge in [-0.05, 0) is 45.3 Å². The summed E-state index contributed by atoms with van der Waals surface area (Å²) in [7, 11) is 0. The van der Waals surface area contributed by atoms with Crippen molar-refractivity contribution in [3.8, 4) is 0 Å². The van der Waals surface area contributed by atoms with Crippen molar-refractivity contribution in [3.63, 3.8) is 0 Å². The van der Waals surface area contributed by atoms with E-state index in [0.29, 0.717) is 24.0 Å². The van der Waals surface area contributed by atoms with Crippen LogP contribution in [0.3, 0.4) is 0 Å². The fourth-order valence-corrected chi connectivity index (χ4v) is 4.55. The molecule has 3 N–H and O–H groups in total. The maximum Gasteiger partial charge on any atom is 0.357 e. The molecule has 15 nitrogen and oxygen atoms in total. The standard InChI is InChI=1S/C7H9NO2S.C6H8N2O2S.C5H4N4OS.C5H5NO2S.BrH/c1-3-10-7(9)6-4-11-5(2)8-6;1-2-10-5(9)4-3-11-6(7)8-4;1-3-7-4(2-11-3)5(10)8-9-6;1-3-6-4(2-9-3)5(7)8;/h4H,3H2,1-2H3;3H,2H2,1H3,(H2,7,8);2H,1H3;2H,1H3,(H,7,8);1H. The summed E-state index contributed by atoms with van der Waals surface area (Å²) in [5, 5.41) is 20.4. The number of nitrogens with two attached hydrogens (primary N) is 1. The number of aromatic carboxylic acids is 1. The molecule has 4 rings (SSSR count). The number of carbonyl (C=O) groups is 4. The molecule has 4 aromatic rings. The normalized spacial score (nSPS) is 9.14. The van der Waals surface area contributed by atoms with E-state index in [-0.39, 0.29) is 40.0 Å². The lowest BCUT2D eigenvalue weighted by Gasteiger charge is -1.95. The van der Waals surface area contributed by atoms with Crippen molar-refractivity contribution in [2.45, 2.75) is 34.6 Å². The van der Waals surface area contributed by atoms with Gasteiger partial charge in [-0.1, -0.05) is 0 Å². The Morgan fingerprint density at radius 2 is 1.19 bits per heavy atom. The van der Waals surface area contributed by atoms with Crippen molar-refractivity contribution in [1.82, 2.24) is 19.9 Å². The molecule has 0 aliphatic heterocycles. The van der Waals surface area contributed by atoms with Crippen molar-refractivity contribution in [1.29, 1.82) is 0 Å². The second-order valence-electron chi connectivity index (χ2n) is 7.07. The number of halogens is 1. The molecule has 0 fully saturated rings. The van der Waals surface area contributed by atoms with Gasteiger partial charge < -0.3 is 20.3 Å². The number of carbonyl (C=O) groups excluding carboxylic acids is 3. The Balaban J connectivity index is 0.000000544. The van der Waals surface area contributed by atoms with Gasteiger partial charge >= 0.3 is 17.9 Å². The molecule has 0 aromatic carbocycles. The number of hydrogen-bond donors (Lipinski definition) is 2. The Morgan fingerprint density at radius 1 is 0.791 bits per heavy atom. The van der Waals surface area contributed by atoms with Crippen LogP contribution in [0.25, 0.3) is 10.4 Å². The first-order chi connectivity index (χ1) is 19.9. The summed E-state index contributed by atoms with van der Waals surface area (Å²) in [6.45, 7) is 9.68. The van der Waals surface area contributed by atoms with E-state index < -0.39 is 17.8 Å². The third kappa shape index (κ3) is 15.3. The summed E-state index contributed by atoms with van der Waals surface area (Å²) < 4.78 is 9.44. The average Bonchev–Trinajstić information content (AvgIpc) is 3.75. The first-order valence-corrected chi connectivity index (χ1v) is 15.1. The summed E-state index contributed by atoms with van der Waals surface area (Å²) in [6, 6.07) is 0. The van der Waals surface area contributed by atoms with Crippen molar-refractivity contribution < 1.29 is 33.8 Å². The van der Waals surface area contributed by atoms with Crippen LogP contribution in [0.4, 0.5) is 5.13 Å². The lowest BCUT2D eigenvalue weighted by molar-refractivity contribution is 0.0511. The van der Waals surface area contributed by atoms with Crippen LogP contribution in [0.5, 0.6) is 0 Å². The largest absolute Gasteiger partial charge is 0.476 e. The van der Waals surface area contributed by atoms with E-state index in [0.717, 1.165) is 15.0 Å². The van der Waals surface area contributed by atoms with E-state index in [1.807, 2.05) is 6.92 Å². The van der Waals surface area contributed by atoms with E-state index in [4.69, 9.17) is 25.8 Å².